The number of imidazole rings is 1. The molecule has 0 radical (unpaired) electrons. The molecule has 1 aromatic heterocycles. The summed E-state index contributed by atoms with van der Waals surface area (Å²) < 4.78 is 27.4. The first-order valence-corrected chi connectivity index (χ1v) is 13.8. The molecule has 1 unspecified atom stereocenters. The highest BCUT2D eigenvalue weighted by atomic mass is 35.5. The first kappa shape index (κ1) is 26.0. The minimum absolute atomic E-state index is 0.0786. The molecule has 0 N–H and O–H groups in total. The van der Waals surface area contributed by atoms with E-state index in [9.17, 15) is 4.39 Å². The topological polar surface area (TPSA) is 36.3 Å². The predicted octanol–water partition coefficient (Wildman–Crippen LogP) is 8.40. The Hall–Kier alpha value is -2.67. The fourth-order valence-electron chi connectivity index (χ4n) is 4.94. The number of hydrogen-bond acceptors (Lipinski definition) is 4. The van der Waals surface area contributed by atoms with E-state index in [1.807, 2.05) is 30.3 Å². The van der Waals surface area contributed by atoms with Gasteiger partial charge in [0.1, 0.15) is 5.75 Å². The van der Waals surface area contributed by atoms with Gasteiger partial charge in [-0.25, -0.2) is 9.37 Å². The van der Waals surface area contributed by atoms with E-state index in [0.717, 1.165) is 63.2 Å². The third-order valence-electron chi connectivity index (χ3n) is 6.86. The van der Waals surface area contributed by atoms with Gasteiger partial charge in [0.2, 0.25) is 0 Å². The normalized spacial score (nSPS) is 14.9. The van der Waals surface area contributed by atoms with Gasteiger partial charge < -0.3 is 9.47 Å². The number of aromatic nitrogens is 2. The number of halogens is 3. The van der Waals surface area contributed by atoms with E-state index >= 15 is 0 Å². The van der Waals surface area contributed by atoms with Gasteiger partial charge in [0.15, 0.2) is 16.7 Å². The largest absolute Gasteiger partial charge is 0.495 e. The Labute approximate surface area is 230 Å². The Morgan fingerprint density at radius 1 is 1.03 bits per heavy atom. The molecule has 0 amide bonds. The maximum Gasteiger partial charge on any atom is 0.173 e. The van der Waals surface area contributed by atoms with Crippen molar-refractivity contribution in [3.05, 3.63) is 98.5 Å². The number of hydrogen-bond donors (Lipinski definition) is 0. The van der Waals surface area contributed by atoms with Crippen molar-refractivity contribution >= 4 is 35.0 Å². The minimum Gasteiger partial charge on any atom is -0.495 e. The summed E-state index contributed by atoms with van der Waals surface area (Å²) in [5, 5.41) is 2.15. The molecule has 1 atom stereocenters. The van der Waals surface area contributed by atoms with Gasteiger partial charge in [0.05, 0.1) is 36.3 Å². The standard InChI is InChI=1S/C29H27Cl2FN2O2S/c1-17-6-4-8-22(30)21(17)16-37-29-33-25-9-5-7-20(18-10-12-23(31)26(14-18)35-2)28(25)34(29)19-11-13-24(32)27(15-19)36-3/h4,6,8,10-15,20H,5,7,9,16H2,1-3H3. The number of benzene rings is 3. The molecule has 4 aromatic rings. The van der Waals surface area contributed by atoms with Crippen molar-refractivity contribution < 1.29 is 13.9 Å². The van der Waals surface area contributed by atoms with Crippen LogP contribution in [0.25, 0.3) is 5.69 Å². The first-order chi connectivity index (χ1) is 17.9. The molecular formula is C29H27Cl2FN2O2S. The molecule has 0 fully saturated rings. The van der Waals surface area contributed by atoms with Gasteiger partial charge in [0.25, 0.3) is 0 Å². The average Bonchev–Trinajstić information content (AvgIpc) is 3.27. The monoisotopic (exact) mass is 556 g/mol. The van der Waals surface area contributed by atoms with E-state index in [4.69, 9.17) is 37.7 Å². The van der Waals surface area contributed by atoms with E-state index < -0.39 is 5.82 Å². The number of methoxy groups -OCH3 is 2. The average molecular weight is 558 g/mol. The van der Waals surface area contributed by atoms with Crippen LogP contribution in [0, 0.1) is 12.7 Å². The zero-order valence-electron chi connectivity index (χ0n) is 20.9. The molecule has 1 aliphatic carbocycles. The van der Waals surface area contributed by atoms with Gasteiger partial charge >= 0.3 is 0 Å². The van der Waals surface area contributed by atoms with Gasteiger partial charge in [0, 0.05) is 22.8 Å². The molecule has 5 rings (SSSR count). The van der Waals surface area contributed by atoms with Crippen LogP contribution in [0.15, 0.2) is 59.8 Å². The number of fused-ring (bicyclic) bond motifs is 1. The van der Waals surface area contributed by atoms with E-state index in [0.29, 0.717) is 16.5 Å². The van der Waals surface area contributed by atoms with Gasteiger partial charge in [-0.1, -0.05) is 53.2 Å². The van der Waals surface area contributed by atoms with Crippen LogP contribution in [0.3, 0.4) is 0 Å². The van der Waals surface area contributed by atoms with Gasteiger partial charge in [-0.3, -0.25) is 4.57 Å². The Kier molecular flexibility index (Phi) is 7.70. The molecule has 0 saturated carbocycles. The Balaban J connectivity index is 1.65. The second kappa shape index (κ2) is 11.0. The van der Waals surface area contributed by atoms with E-state index in [1.54, 1.807) is 31.0 Å². The smallest absolute Gasteiger partial charge is 0.173 e. The lowest BCUT2D eigenvalue weighted by atomic mass is 9.84. The van der Waals surface area contributed by atoms with E-state index in [2.05, 4.69) is 17.6 Å². The Morgan fingerprint density at radius 3 is 2.59 bits per heavy atom. The highest BCUT2D eigenvalue weighted by Crippen LogP contribution is 2.43. The molecule has 8 heteroatoms. The van der Waals surface area contributed by atoms with Gasteiger partial charge in [-0.05, 0) is 73.2 Å². The molecule has 0 bridgehead atoms. The molecule has 1 heterocycles. The summed E-state index contributed by atoms with van der Waals surface area (Å²) in [6.45, 7) is 2.06. The predicted molar refractivity (Wildman–Crippen MR) is 149 cm³/mol. The van der Waals surface area contributed by atoms with Crippen LogP contribution in [0.4, 0.5) is 4.39 Å². The van der Waals surface area contributed by atoms with Gasteiger partial charge in [-0.15, -0.1) is 0 Å². The zero-order valence-corrected chi connectivity index (χ0v) is 23.2. The quantitative estimate of drug-likeness (QED) is 0.214. The van der Waals surface area contributed by atoms with Crippen molar-refractivity contribution in [2.75, 3.05) is 14.2 Å². The molecular weight excluding hydrogens is 530 g/mol. The maximum absolute atomic E-state index is 14.4. The summed E-state index contributed by atoms with van der Waals surface area (Å²) in [7, 11) is 3.10. The van der Waals surface area contributed by atoms with Gasteiger partial charge in [-0.2, -0.15) is 0 Å². The Morgan fingerprint density at radius 2 is 1.84 bits per heavy atom. The zero-order chi connectivity index (χ0) is 26.1. The molecule has 0 spiro atoms. The molecule has 0 saturated heterocycles. The summed E-state index contributed by atoms with van der Waals surface area (Å²) in [6.07, 6.45) is 2.84. The van der Waals surface area contributed by atoms with E-state index in [-0.39, 0.29) is 11.7 Å². The number of aryl methyl sites for hydroxylation is 2. The van der Waals surface area contributed by atoms with Crippen molar-refractivity contribution in [1.82, 2.24) is 9.55 Å². The molecule has 4 nitrogen and oxygen atoms in total. The Bertz CT molecular complexity index is 1440. The van der Waals surface area contributed by atoms with Crippen LogP contribution in [-0.2, 0) is 12.2 Å². The summed E-state index contributed by atoms with van der Waals surface area (Å²) in [6, 6.07) is 16.8. The highest BCUT2D eigenvalue weighted by molar-refractivity contribution is 7.98. The van der Waals surface area contributed by atoms with Crippen molar-refractivity contribution in [2.45, 2.75) is 43.0 Å². The maximum atomic E-state index is 14.4. The van der Waals surface area contributed by atoms with Crippen molar-refractivity contribution in [2.24, 2.45) is 0 Å². The van der Waals surface area contributed by atoms with Crippen molar-refractivity contribution in [3.63, 3.8) is 0 Å². The summed E-state index contributed by atoms with van der Waals surface area (Å²) in [5.41, 5.74) is 6.28. The molecule has 1 aliphatic rings. The second-order valence-electron chi connectivity index (χ2n) is 9.04. The summed E-state index contributed by atoms with van der Waals surface area (Å²) >= 11 is 14.5. The van der Waals surface area contributed by atoms with E-state index in [1.165, 1.54) is 13.2 Å². The van der Waals surface area contributed by atoms with Crippen LogP contribution in [0.5, 0.6) is 11.5 Å². The van der Waals surface area contributed by atoms with Crippen LogP contribution in [0.1, 0.15) is 46.8 Å². The third-order valence-corrected chi connectivity index (χ3v) is 8.50. The fourth-order valence-corrected chi connectivity index (χ4v) is 6.67. The molecule has 0 aliphatic heterocycles. The molecule has 37 heavy (non-hydrogen) atoms. The molecule has 192 valence electrons. The third kappa shape index (κ3) is 5.07. The summed E-state index contributed by atoms with van der Waals surface area (Å²) in [4.78, 5) is 5.11. The van der Waals surface area contributed by atoms with Crippen LogP contribution < -0.4 is 9.47 Å². The first-order valence-electron chi connectivity index (χ1n) is 12.1. The number of rotatable bonds is 7. The van der Waals surface area contributed by atoms with Crippen LogP contribution in [0.2, 0.25) is 10.0 Å². The lowest BCUT2D eigenvalue weighted by Crippen LogP contribution is -2.15. The number of ether oxygens (including phenoxy) is 2. The highest BCUT2D eigenvalue weighted by Gasteiger charge is 2.31. The second-order valence-corrected chi connectivity index (χ2v) is 10.8. The lowest BCUT2D eigenvalue weighted by Gasteiger charge is -2.26. The van der Waals surface area contributed by atoms with Crippen LogP contribution >= 0.6 is 35.0 Å². The number of thioether (sulfide) groups is 1. The fraction of sp³-hybridized carbons (Fsp3) is 0.276. The summed E-state index contributed by atoms with van der Waals surface area (Å²) in [5.74, 6) is 1.18. The van der Waals surface area contributed by atoms with Crippen LogP contribution in [-0.4, -0.2) is 23.8 Å². The van der Waals surface area contributed by atoms with Crippen molar-refractivity contribution in [3.8, 4) is 17.2 Å². The lowest BCUT2D eigenvalue weighted by molar-refractivity contribution is 0.386. The molecule has 3 aromatic carbocycles. The SMILES string of the molecule is COc1cc(-n2c(SCc3c(C)cccc3Cl)nc3c2C(c2ccc(Cl)c(OC)c2)CCC3)ccc1F. The number of nitrogens with zero attached hydrogens (tertiary/aromatic N) is 2. The van der Waals surface area contributed by atoms with Crippen molar-refractivity contribution in [1.29, 1.82) is 0 Å². The minimum atomic E-state index is -0.403.